The van der Waals surface area contributed by atoms with Crippen LogP contribution in [0.25, 0.3) is 0 Å². The third-order valence-electron chi connectivity index (χ3n) is 5.04. The fourth-order valence-electron chi connectivity index (χ4n) is 3.63. The summed E-state index contributed by atoms with van der Waals surface area (Å²) in [5, 5.41) is 0. The summed E-state index contributed by atoms with van der Waals surface area (Å²) < 4.78 is 39.7. The Kier molecular flexibility index (Phi) is 6.99. The normalized spacial score (nSPS) is 22.0. The van der Waals surface area contributed by atoms with E-state index in [9.17, 15) is 13.2 Å². The van der Waals surface area contributed by atoms with Crippen molar-refractivity contribution >= 4 is 8.80 Å². The predicted molar refractivity (Wildman–Crippen MR) is 88.6 cm³/mol. The molecule has 1 aromatic carbocycles. The molecule has 0 saturated carbocycles. The van der Waals surface area contributed by atoms with Gasteiger partial charge in [-0.25, -0.2) is 13.2 Å². The van der Waals surface area contributed by atoms with Crippen molar-refractivity contribution in [3.8, 4) is 0 Å². The first-order valence-corrected chi connectivity index (χ1v) is 11.2. The zero-order chi connectivity index (χ0) is 15.9. The molecule has 4 heteroatoms. The standard InChI is InChI=1S/C18H27F3Si/c1-2-3-4-5-6-9-22-10-7-14(8-11-22)15-12-16(19)18(21)17(20)13-15/h12-14,22H,2-11H2,1H3. The number of halogens is 3. The lowest BCUT2D eigenvalue weighted by Gasteiger charge is -2.28. The van der Waals surface area contributed by atoms with E-state index in [-0.39, 0.29) is 5.92 Å². The molecule has 2 rings (SSSR count). The van der Waals surface area contributed by atoms with Crippen molar-refractivity contribution in [3.05, 3.63) is 35.1 Å². The van der Waals surface area contributed by atoms with Gasteiger partial charge in [-0.2, -0.15) is 0 Å². The Morgan fingerprint density at radius 3 is 2.14 bits per heavy atom. The van der Waals surface area contributed by atoms with Gasteiger partial charge in [0.05, 0.1) is 0 Å². The van der Waals surface area contributed by atoms with E-state index >= 15 is 0 Å². The largest absolute Gasteiger partial charge is 0.204 e. The van der Waals surface area contributed by atoms with Crippen molar-refractivity contribution in [2.45, 2.75) is 75.9 Å². The Morgan fingerprint density at radius 1 is 0.955 bits per heavy atom. The molecule has 0 aliphatic carbocycles. The summed E-state index contributed by atoms with van der Waals surface area (Å²) in [6.07, 6.45) is 8.75. The molecule has 1 saturated heterocycles. The van der Waals surface area contributed by atoms with Crippen LogP contribution in [-0.4, -0.2) is 8.80 Å². The van der Waals surface area contributed by atoms with Crippen LogP contribution in [0.1, 0.15) is 63.4 Å². The molecule has 1 aliphatic rings. The van der Waals surface area contributed by atoms with E-state index in [1.807, 2.05) is 0 Å². The Morgan fingerprint density at radius 2 is 1.55 bits per heavy atom. The van der Waals surface area contributed by atoms with Gasteiger partial charge in [0, 0.05) is 8.80 Å². The van der Waals surface area contributed by atoms with E-state index in [0.29, 0.717) is 5.56 Å². The average molecular weight is 328 g/mol. The predicted octanol–water partition coefficient (Wildman–Crippen LogP) is 6.18. The maximum Gasteiger partial charge on any atom is 0.194 e. The van der Waals surface area contributed by atoms with Crippen LogP contribution in [0.4, 0.5) is 13.2 Å². The van der Waals surface area contributed by atoms with E-state index in [4.69, 9.17) is 0 Å². The number of unbranched alkanes of at least 4 members (excludes halogenated alkanes) is 4. The molecule has 1 fully saturated rings. The highest BCUT2D eigenvalue weighted by molar-refractivity contribution is 6.59. The van der Waals surface area contributed by atoms with E-state index in [0.717, 1.165) is 12.8 Å². The van der Waals surface area contributed by atoms with Crippen molar-refractivity contribution in [2.24, 2.45) is 0 Å². The highest BCUT2D eigenvalue weighted by Gasteiger charge is 2.24. The van der Waals surface area contributed by atoms with Crippen LogP contribution >= 0.6 is 0 Å². The van der Waals surface area contributed by atoms with Crippen LogP contribution in [0.2, 0.25) is 18.1 Å². The van der Waals surface area contributed by atoms with E-state index in [1.54, 1.807) is 0 Å². The molecular weight excluding hydrogens is 301 g/mol. The highest BCUT2D eigenvalue weighted by atomic mass is 28.3. The number of rotatable bonds is 7. The second-order valence-electron chi connectivity index (χ2n) is 6.72. The molecule has 0 radical (unpaired) electrons. The number of benzene rings is 1. The van der Waals surface area contributed by atoms with Gasteiger partial charge in [0.15, 0.2) is 17.5 Å². The average Bonchev–Trinajstić information content (AvgIpc) is 2.52. The molecule has 0 N–H and O–H groups in total. The van der Waals surface area contributed by atoms with E-state index in [1.165, 1.54) is 62.4 Å². The molecular formula is C18H27F3Si. The molecule has 22 heavy (non-hydrogen) atoms. The first-order valence-electron chi connectivity index (χ1n) is 8.76. The van der Waals surface area contributed by atoms with Crippen LogP contribution in [0, 0.1) is 17.5 Å². The second-order valence-corrected chi connectivity index (χ2v) is 10.2. The molecule has 0 nitrogen and oxygen atoms in total. The fourth-order valence-corrected chi connectivity index (χ4v) is 7.11. The van der Waals surface area contributed by atoms with E-state index in [2.05, 4.69) is 6.92 Å². The minimum Gasteiger partial charge on any atom is -0.204 e. The minimum absolute atomic E-state index is 0.216. The zero-order valence-electron chi connectivity index (χ0n) is 13.5. The van der Waals surface area contributed by atoms with Crippen molar-refractivity contribution in [1.29, 1.82) is 0 Å². The van der Waals surface area contributed by atoms with Crippen molar-refractivity contribution in [3.63, 3.8) is 0 Å². The third-order valence-corrected chi connectivity index (χ3v) is 8.56. The van der Waals surface area contributed by atoms with Gasteiger partial charge in [-0.1, -0.05) is 57.2 Å². The Labute approximate surface area is 133 Å². The summed E-state index contributed by atoms with van der Waals surface area (Å²) in [6.45, 7) is 2.23. The molecule has 124 valence electrons. The zero-order valence-corrected chi connectivity index (χ0v) is 14.7. The van der Waals surface area contributed by atoms with Gasteiger partial charge in [0.25, 0.3) is 0 Å². The van der Waals surface area contributed by atoms with Crippen LogP contribution in [0.3, 0.4) is 0 Å². The van der Waals surface area contributed by atoms with Gasteiger partial charge in [0.2, 0.25) is 0 Å². The van der Waals surface area contributed by atoms with Gasteiger partial charge >= 0.3 is 0 Å². The van der Waals surface area contributed by atoms with Gasteiger partial charge in [-0.05, 0) is 36.5 Å². The summed E-state index contributed by atoms with van der Waals surface area (Å²) in [5.41, 5.74) is 0.645. The number of hydrogen-bond acceptors (Lipinski definition) is 0. The van der Waals surface area contributed by atoms with Crippen molar-refractivity contribution < 1.29 is 13.2 Å². The molecule has 1 heterocycles. The topological polar surface area (TPSA) is 0 Å². The van der Waals surface area contributed by atoms with Gasteiger partial charge in [-0.15, -0.1) is 0 Å². The molecule has 0 spiro atoms. The summed E-state index contributed by atoms with van der Waals surface area (Å²) in [4.78, 5) is 0. The van der Waals surface area contributed by atoms with Crippen LogP contribution in [-0.2, 0) is 0 Å². The molecule has 0 unspecified atom stereocenters. The minimum atomic E-state index is -1.35. The molecule has 1 aromatic rings. The van der Waals surface area contributed by atoms with Crippen molar-refractivity contribution in [2.75, 3.05) is 0 Å². The summed E-state index contributed by atoms with van der Waals surface area (Å²) in [7, 11) is -0.636. The lowest BCUT2D eigenvalue weighted by Crippen LogP contribution is -2.20. The Bertz CT molecular complexity index is 444. The maximum absolute atomic E-state index is 13.3. The molecule has 0 amide bonds. The second kappa shape index (κ2) is 8.75. The Balaban J connectivity index is 1.77. The van der Waals surface area contributed by atoms with Crippen molar-refractivity contribution in [1.82, 2.24) is 0 Å². The quantitative estimate of drug-likeness (QED) is 0.318. The smallest absolute Gasteiger partial charge is 0.194 e. The highest BCUT2D eigenvalue weighted by Crippen LogP contribution is 2.36. The fraction of sp³-hybridized carbons (Fsp3) is 0.667. The van der Waals surface area contributed by atoms with E-state index < -0.39 is 26.2 Å². The summed E-state index contributed by atoms with van der Waals surface area (Å²) in [6, 6.07) is 6.33. The van der Waals surface area contributed by atoms with Gasteiger partial charge in [0.1, 0.15) is 0 Å². The van der Waals surface area contributed by atoms with Crippen LogP contribution < -0.4 is 0 Å². The lowest BCUT2D eigenvalue weighted by molar-refractivity contribution is 0.441. The molecule has 0 aromatic heterocycles. The van der Waals surface area contributed by atoms with Gasteiger partial charge in [-0.3, -0.25) is 0 Å². The maximum atomic E-state index is 13.3. The summed E-state index contributed by atoms with van der Waals surface area (Å²) >= 11 is 0. The Hall–Kier alpha value is -0.773. The SMILES string of the molecule is CCCCCCC[SiH]1CCC(c2cc(F)c(F)c(F)c2)CC1. The molecule has 0 atom stereocenters. The van der Waals surface area contributed by atoms with Crippen LogP contribution in [0.5, 0.6) is 0 Å². The van der Waals surface area contributed by atoms with Gasteiger partial charge < -0.3 is 0 Å². The first kappa shape index (κ1) is 17.6. The number of hydrogen-bond donors (Lipinski definition) is 0. The monoisotopic (exact) mass is 328 g/mol. The first-order chi connectivity index (χ1) is 10.6. The summed E-state index contributed by atoms with van der Waals surface area (Å²) in [5.74, 6) is -3.23. The molecule has 0 bridgehead atoms. The van der Waals surface area contributed by atoms with Crippen LogP contribution in [0.15, 0.2) is 12.1 Å². The lowest BCUT2D eigenvalue weighted by atomic mass is 9.93. The molecule has 1 aliphatic heterocycles. The third kappa shape index (κ3) is 4.87.